The molecule has 1 rings (SSSR count). The van der Waals surface area contributed by atoms with Gasteiger partial charge in [0.1, 0.15) is 5.54 Å². The number of thioether (sulfide) groups is 1. The maximum absolute atomic E-state index is 9.74. The van der Waals surface area contributed by atoms with Gasteiger partial charge in [-0.2, -0.15) is 17.0 Å². The van der Waals surface area contributed by atoms with E-state index in [1.165, 1.54) is 18.6 Å². The molecule has 1 atom stereocenters. The zero-order valence-corrected chi connectivity index (χ0v) is 13.5. The van der Waals surface area contributed by atoms with Crippen LogP contribution >= 0.6 is 11.8 Å². The highest BCUT2D eigenvalue weighted by atomic mass is 32.2. The first-order valence-corrected chi connectivity index (χ1v) is 8.74. The molecule has 0 aromatic heterocycles. The van der Waals surface area contributed by atoms with Crippen LogP contribution in [0.4, 0.5) is 0 Å². The van der Waals surface area contributed by atoms with E-state index in [1.807, 2.05) is 30.0 Å². The van der Waals surface area contributed by atoms with Gasteiger partial charge in [-0.25, -0.2) is 0 Å². The third kappa shape index (κ3) is 5.19. The van der Waals surface area contributed by atoms with Crippen LogP contribution in [0, 0.1) is 11.3 Å². The largest absolute Gasteiger partial charge is 0.296 e. The molecule has 0 aliphatic rings. The number of nitrogens with zero attached hydrogens (tertiary/aromatic N) is 1. The Bertz CT molecular complexity index is 399. The first kappa shape index (κ1) is 17.1. The van der Waals surface area contributed by atoms with Crippen molar-refractivity contribution in [2.45, 2.75) is 45.1 Å². The fourth-order valence-electron chi connectivity index (χ4n) is 2.13. The van der Waals surface area contributed by atoms with Crippen molar-refractivity contribution < 1.29 is 0 Å². The molecule has 0 radical (unpaired) electrons. The van der Waals surface area contributed by atoms with E-state index >= 15 is 0 Å². The second-order valence-corrected chi connectivity index (χ2v) is 6.25. The van der Waals surface area contributed by atoms with Gasteiger partial charge >= 0.3 is 0 Å². The lowest BCUT2D eigenvalue weighted by atomic mass is 9.88. The van der Waals surface area contributed by atoms with E-state index in [4.69, 9.17) is 0 Å². The summed E-state index contributed by atoms with van der Waals surface area (Å²) in [7, 11) is 0. The van der Waals surface area contributed by atoms with Gasteiger partial charge in [0, 0.05) is 0 Å². The van der Waals surface area contributed by atoms with E-state index in [-0.39, 0.29) is 0 Å². The van der Waals surface area contributed by atoms with Crippen LogP contribution in [0.15, 0.2) is 30.3 Å². The molecular weight excluding hydrogens is 264 g/mol. The summed E-state index contributed by atoms with van der Waals surface area (Å²) in [5.74, 6) is 2.22. The van der Waals surface area contributed by atoms with E-state index in [0.717, 1.165) is 30.7 Å². The van der Waals surface area contributed by atoms with Crippen LogP contribution in [0.1, 0.15) is 45.1 Å². The summed E-state index contributed by atoms with van der Waals surface area (Å²) < 4.78 is 0. The van der Waals surface area contributed by atoms with E-state index in [0.29, 0.717) is 0 Å². The normalized spacial score (nSPS) is 13.7. The van der Waals surface area contributed by atoms with Gasteiger partial charge in [0.15, 0.2) is 0 Å². The smallest absolute Gasteiger partial charge is 0.133 e. The second-order valence-electron chi connectivity index (χ2n) is 5.03. The third-order valence-electron chi connectivity index (χ3n) is 3.40. The third-order valence-corrected chi connectivity index (χ3v) is 4.47. The number of benzene rings is 1. The lowest BCUT2D eigenvalue weighted by Crippen LogP contribution is -2.42. The number of rotatable bonds is 10. The van der Waals surface area contributed by atoms with Crippen LogP contribution < -0.4 is 5.32 Å². The quantitative estimate of drug-likeness (QED) is 0.652. The molecule has 20 heavy (non-hydrogen) atoms. The Kier molecular flexibility index (Phi) is 8.41. The van der Waals surface area contributed by atoms with Crippen LogP contribution in [-0.4, -0.2) is 18.1 Å². The highest BCUT2D eigenvalue weighted by Crippen LogP contribution is 2.26. The Morgan fingerprint density at radius 2 is 1.90 bits per heavy atom. The van der Waals surface area contributed by atoms with E-state index < -0.39 is 5.54 Å². The van der Waals surface area contributed by atoms with E-state index in [2.05, 4.69) is 37.4 Å². The van der Waals surface area contributed by atoms with Gasteiger partial charge in [-0.05, 0) is 42.9 Å². The summed E-state index contributed by atoms with van der Waals surface area (Å²) in [4.78, 5) is 0. The Labute approximate surface area is 128 Å². The molecular formula is C17H26N2S. The van der Waals surface area contributed by atoms with Gasteiger partial charge in [-0.1, -0.05) is 50.6 Å². The number of hydrogen-bond donors (Lipinski definition) is 1. The van der Waals surface area contributed by atoms with Crippen LogP contribution in [0.5, 0.6) is 0 Å². The van der Waals surface area contributed by atoms with Crippen molar-refractivity contribution in [3.63, 3.8) is 0 Å². The molecule has 0 spiro atoms. The minimum absolute atomic E-state index is 0.531. The van der Waals surface area contributed by atoms with Gasteiger partial charge < -0.3 is 0 Å². The minimum Gasteiger partial charge on any atom is -0.296 e. The maximum atomic E-state index is 9.74. The number of nitriles is 1. The van der Waals surface area contributed by atoms with Crippen molar-refractivity contribution in [3.05, 3.63) is 35.9 Å². The van der Waals surface area contributed by atoms with Crippen molar-refractivity contribution in [3.8, 4) is 6.07 Å². The molecule has 1 aromatic carbocycles. The van der Waals surface area contributed by atoms with Crippen molar-refractivity contribution >= 4 is 11.8 Å². The molecule has 0 aliphatic carbocycles. The standard InChI is InChI=1S/C17H26N2S/c1-3-5-13-20-14-11-17(15-18,19-12-4-2)16-9-7-6-8-10-16/h6-10,19H,3-5,11-14H2,1-2H3. The molecule has 0 saturated heterocycles. The van der Waals surface area contributed by atoms with Crippen LogP contribution in [0.25, 0.3) is 0 Å². The zero-order valence-electron chi connectivity index (χ0n) is 12.7. The van der Waals surface area contributed by atoms with Crippen molar-refractivity contribution in [2.75, 3.05) is 18.1 Å². The molecule has 110 valence electrons. The van der Waals surface area contributed by atoms with Gasteiger partial charge in [0.25, 0.3) is 0 Å². The van der Waals surface area contributed by atoms with Gasteiger partial charge in [-0.3, -0.25) is 5.32 Å². The minimum atomic E-state index is -0.531. The average molecular weight is 290 g/mol. The maximum Gasteiger partial charge on any atom is 0.133 e. The lowest BCUT2D eigenvalue weighted by molar-refractivity contribution is 0.416. The second kappa shape index (κ2) is 9.85. The Hall–Kier alpha value is -0.980. The highest BCUT2D eigenvalue weighted by molar-refractivity contribution is 7.99. The number of nitrogens with one attached hydrogen (secondary N) is 1. The summed E-state index contributed by atoms with van der Waals surface area (Å²) in [6.07, 6.45) is 4.41. The van der Waals surface area contributed by atoms with E-state index in [1.54, 1.807) is 0 Å². The molecule has 1 unspecified atom stereocenters. The van der Waals surface area contributed by atoms with Crippen molar-refractivity contribution in [1.29, 1.82) is 5.26 Å². The Morgan fingerprint density at radius 1 is 1.15 bits per heavy atom. The predicted molar refractivity (Wildman–Crippen MR) is 88.9 cm³/mol. The van der Waals surface area contributed by atoms with Crippen LogP contribution in [0.2, 0.25) is 0 Å². The van der Waals surface area contributed by atoms with Crippen LogP contribution in [-0.2, 0) is 5.54 Å². The van der Waals surface area contributed by atoms with Gasteiger partial charge in [0.2, 0.25) is 0 Å². The monoisotopic (exact) mass is 290 g/mol. The molecule has 0 fully saturated rings. The fourth-order valence-corrected chi connectivity index (χ4v) is 3.28. The fraction of sp³-hybridized carbons (Fsp3) is 0.588. The molecule has 0 amide bonds. The SMILES string of the molecule is CCCCSCCC(C#N)(NCCC)c1ccccc1. The van der Waals surface area contributed by atoms with E-state index in [9.17, 15) is 5.26 Å². The summed E-state index contributed by atoms with van der Waals surface area (Å²) in [5, 5.41) is 13.2. The Balaban J connectivity index is 2.71. The molecule has 0 aliphatic heterocycles. The highest BCUT2D eigenvalue weighted by Gasteiger charge is 2.30. The molecule has 1 aromatic rings. The molecule has 2 nitrogen and oxygen atoms in total. The zero-order chi connectivity index (χ0) is 14.7. The topological polar surface area (TPSA) is 35.8 Å². The molecule has 3 heteroatoms. The lowest BCUT2D eigenvalue weighted by Gasteiger charge is -2.28. The van der Waals surface area contributed by atoms with Gasteiger partial charge in [-0.15, -0.1) is 0 Å². The molecule has 1 N–H and O–H groups in total. The first-order valence-electron chi connectivity index (χ1n) is 7.58. The molecule has 0 saturated carbocycles. The predicted octanol–water partition coefficient (Wildman–Crippen LogP) is 4.33. The molecule has 0 bridgehead atoms. The summed E-state index contributed by atoms with van der Waals surface area (Å²) in [6.45, 7) is 5.23. The van der Waals surface area contributed by atoms with Crippen molar-refractivity contribution in [2.24, 2.45) is 0 Å². The average Bonchev–Trinajstić information content (AvgIpc) is 2.51. The summed E-state index contributed by atoms with van der Waals surface area (Å²) in [6, 6.07) is 12.7. The summed E-state index contributed by atoms with van der Waals surface area (Å²) in [5.41, 5.74) is 0.559. The first-order chi connectivity index (χ1) is 9.79. The molecule has 0 heterocycles. The Morgan fingerprint density at radius 3 is 2.50 bits per heavy atom. The summed E-state index contributed by atoms with van der Waals surface area (Å²) >= 11 is 1.96. The van der Waals surface area contributed by atoms with Crippen molar-refractivity contribution in [1.82, 2.24) is 5.32 Å². The number of unbranched alkanes of at least 4 members (excludes halogenated alkanes) is 1. The van der Waals surface area contributed by atoms with Gasteiger partial charge in [0.05, 0.1) is 6.07 Å². The number of hydrogen-bond acceptors (Lipinski definition) is 3. The van der Waals surface area contributed by atoms with Crippen LogP contribution in [0.3, 0.4) is 0 Å².